The first-order valence-corrected chi connectivity index (χ1v) is 9.49. The summed E-state index contributed by atoms with van der Waals surface area (Å²) >= 11 is 1.64. The zero-order valence-electron chi connectivity index (χ0n) is 14.9. The van der Waals surface area contributed by atoms with E-state index >= 15 is 0 Å². The molecule has 0 aliphatic rings. The molecule has 130 valence electrons. The Bertz CT molecular complexity index is 865. The normalized spacial score (nSPS) is 11.2. The fourth-order valence-corrected chi connectivity index (χ4v) is 3.71. The summed E-state index contributed by atoms with van der Waals surface area (Å²) in [6.07, 6.45) is 0.979. The van der Waals surface area contributed by atoms with Crippen LogP contribution in [0.3, 0.4) is 0 Å². The van der Waals surface area contributed by atoms with Gasteiger partial charge in [0.2, 0.25) is 0 Å². The van der Waals surface area contributed by atoms with Gasteiger partial charge in [-0.3, -0.25) is 4.79 Å². The van der Waals surface area contributed by atoms with E-state index in [0.29, 0.717) is 18.2 Å². The molecule has 0 atom stereocenters. The molecule has 1 heterocycles. The summed E-state index contributed by atoms with van der Waals surface area (Å²) in [7, 11) is 0. The van der Waals surface area contributed by atoms with Crippen molar-refractivity contribution in [1.29, 1.82) is 0 Å². The zero-order chi connectivity index (χ0) is 17.8. The van der Waals surface area contributed by atoms with E-state index in [4.69, 9.17) is 0 Å². The van der Waals surface area contributed by atoms with Crippen LogP contribution < -0.4 is 5.32 Å². The Labute approximate surface area is 153 Å². The minimum Gasteiger partial charge on any atom is -0.351 e. The summed E-state index contributed by atoms with van der Waals surface area (Å²) in [5, 5.41) is 4.13. The molecule has 0 aliphatic heterocycles. The van der Waals surface area contributed by atoms with Crippen molar-refractivity contribution in [2.45, 2.75) is 37.0 Å². The molecule has 4 heteroatoms. The molecule has 0 fully saturated rings. The Morgan fingerprint density at radius 1 is 1.12 bits per heavy atom. The van der Waals surface area contributed by atoms with E-state index in [9.17, 15) is 4.79 Å². The van der Waals surface area contributed by atoms with Gasteiger partial charge in [0.05, 0.1) is 4.90 Å². The molecule has 0 aliphatic carbocycles. The van der Waals surface area contributed by atoms with Gasteiger partial charge >= 0.3 is 0 Å². The van der Waals surface area contributed by atoms with Gasteiger partial charge in [0, 0.05) is 22.3 Å². The molecule has 1 aromatic heterocycles. The molecule has 0 unspecified atom stereocenters. The summed E-state index contributed by atoms with van der Waals surface area (Å²) in [4.78, 5) is 18.1. The van der Waals surface area contributed by atoms with Crippen LogP contribution in [-0.2, 0) is 0 Å². The third kappa shape index (κ3) is 4.26. The number of nitrogens with one attached hydrogen (secondary N) is 2. The minimum absolute atomic E-state index is 0.0357. The Kier molecular flexibility index (Phi) is 5.49. The largest absolute Gasteiger partial charge is 0.351 e. The van der Waals surface area contributed by atoms with Gasteiger partial charge in [-0.2, -0.15) is 0 Å². The van der Waals surface area contributed by atoms with Crippen LogP contribution in [-0.4, -0.2) is 17.4 Å². The first kappa shape index (κ1) is 17.6. The number of aryl methyl sites for hydroxylation is 1. The van der Waals surface area contributed by atoms with Crippen molar-refractivity contribution in [2.24, 2.45) is 5.92 Å². The highest BCUT2D eigenvalue weighted by Gasteiger charge is 2.18. The average molecular weight is 353 g/mol. The molecule has 3 rings (SSSR count). The second kappa shape index (κ2) is 7.79. The van der Waals surface area contributed by atoms with Crippen molar-refractivity contribution in [3.05, 3.63) is 59.8 Å². The quantitative estimate of drug-likeness (QED) is 0.623. The Morgan fingerprint density at radius 2 is 1.84 bits per heavy atom. The van der Waals surface area contributed by atoms with Gasteiger partial charge in [-0.15, -0.1) is 0 Å². The molecule has 0 saturated heterocycles. The summed E-state index contributed by atoms with van der Waals surface area (Å²) in [5.74, 6) is 0.538. The van der Waals surface area contributed by atoms with E-state index in [1.165, 1.54) is 5.56 Å². The van der Waals surface area contributed by atoms with Gasteiger partial charge in [-0.05, 0) is 37.5 Å². The van der Waals surface area contributed by atoms with Gasteiger partial charge in [-0.25, -0.2) is 0 Å². The van der Waals surface area contributed by atoms with Crippen LogP contribution in [0, 0.1) is 12.8 Å². The van der Waals surface area contributed by atoms with Crippen LogP contribution in [0.25, 0.3) is 10.9 Å². The number of aromatic nitrogens is 1. The number of carbonyl (C=O) groups is 1. The van der Waals surface area contributed by atoms with Crippen LogP contribution >= 0.6 is 11.8 Å². The first-order chi connectivity index (χ1) is 12.0. The van der Waals surface area contributed by atoms with E-state index in [1.54, 1.807) is 11.8 Å². The number of hydrogen-bond acceptors (Lipinski definition) is 2. The van der Waals surface area contributed by atoms with Crippen molar-refractivity contribution in [3.8, 4) is 0 Å². The molecular formula is C21H24N2OS. The van der Waals surface area contributed by atoms with E-state index in [-0.39, 0.29) is 5.91 Å². The third-order valence-electron chi connectivity index (χ3n) is 4.13. The Balaban J connectivity index is 1.91. The van der Waals surface area contributed by atoms with E-state index < -0.39 is 0 Å². The number of aromatic amines is 1. The lowest BCUT2D eigenvalue weighted by atomic mass is 10.1. The first-order valence-electron chi connectivity index (χ1n) is 8.68. The number of carbonyl (C=O) groups excluding carboxylic acids is 1. The molecule has 2 N–H and O–H groups in total. The number of H-pyrrole nitrogens is 1. The van der Waals surface area contributed by atoms with Crippen molar-refractivity contribution < 1.29 is 4.79 Å². The maximum Gasteiger partial charge on any atom is 0.268 e. The second-order valence-corrected chi connectivity index (χ2v) is 7.81. The maximum atomic E-state index is 12.7. The van der Waals surface area contributed by atoms with Crippen LogP contribution in [0.4, 0.5) is 0 Å². The fraction of sp³-hybridized carbons (Fsp3) is 0.286. The average Bonchev–Trinajstić information content (AvgIpc) is 2.95. The van der Waals surface area contributed by atoms with E-state index in [1.807, 2.05) is 18.2 Å². The zero-order valence-corrected chi connectivity index (χ0v) is 15.7. The summed E-state index contributed by atoms with van der Waals surface area (Å²) in [5.41, 5.74) is 2.87. The molecule has 0 saturated carbocycles. The van der Waals surface area contributed by atoms with Gasteiger partial charge < -0.3 is 10.3 Å². The number of fused-ring (bicyclic) bond motifs is 1. The molecule has 3 nitrogen and oxygen atoms in total. The van der Waals surface area contributed by atoms with Gasteiger partial charge in [0.15, 0.2) is 0 Å². The molecule has 0 spiro atoms. The Hall–Kier alpha value is -2.20. The summed E-state index contributed by atoms with van der Waals surface area (Å²) in [6.45, 7) is 7.09. The van der Waals surface area contributed by atoms with Crippen LogP contribution in [0.5, 0.6) is 0 Å². The lowest BCUT2D eigenvalue weighted by Gasteiger charge is -2.08. The monoisotopic (exact) mass is 352 g/mol. The third-order valence-corrected chi connectivity index (χ3v) is 5.27. The number of benzene rings is 2. The number of hydrogen-bond donors (Lipinski definition) is 2. The highest BCUT2D eigenvalue weighted by molar-refractivity contribution is 7.99. The van der Waals surface area contributed by atoms with Crippen LogP contribution in [0.1, 0.15) is 36.3 Å². The van der Waals surface area contributed by atoms with Crippen molar-refractivity contribution in [3.63, 3.8) is 0 Å². The van der Waals surface area contributed by atoms with Crippen LogP contribution in [0.15, 0.2) is 58.3 Å². The fourth-order valence-electron chi connectivity index (χ4n) is 2.67. The standard InChI is InChI=1S/C21H24N2OS/c1-14(2)12-13-22-21(24)19-20(17-6-4-5-7-18(17)23-19)25-16-10-8-15(3)9-11-16/h4-11,14,23H,12-13H2,1-3H3,(H,22,24). The second-order valence-electron chi connectivity index (χ2n) is 6.73. The molecule has 1 amide bonds. The summed E-state index contributed by atoms with van der Waals surface area (Å²) in [6, 6.07) is 16.5. The molecule has 0 radical (unpaired) electrons. The van der Waals surface area contributed by atoms with Crippen molar-refractivity contribution in [2.75, 3.05) is 6.54 Å². The van der Waals surface area contributed by atoms with Gasteiger partial charge in [0.25, 0.3) is 5.91 Å². The molecule has 25 heavy (non-hydrogen) atoms. The lowest BCUT2D eigenvalue weighted by Crippen LogP contribution is -2.26. The predicted octanol–water partition coefficient (Wildman–Crippen LogP) is 5.40. The van der Waals surface area contributed by atoms with Crippen molar-refractivity contribution >= 4 is 28.6 Å². The molecule has 3 aromatic rings. The smallest absolute Gasteiger partial charge is 0.268 e. The highest BCUT2D eigenvalue weighted by atomic mass is 32.2. The number of amides is 1. The minimum atomic E-state index is -0.0357. The van der Waals surface area contributed by atoms with Gasteiger partial charge in [0.1, 0.15) is 5.69 Å². The number of rotatable bonds is 6. The SMILES string of the molecule is Cc1ccc(Sc2c(C(=O)NCCC(C)C)[nH]c3ccccc23)cc1. The molecular weight excluding hydrogens is 328 g/mol. The molecule has 0 bridgehead atoms. The van der Waals surface area contributed by atoms with Gasteiger partial charge in [-0.1, -0.05) is 61.5 Å². The van der Waals surface area contributed by atoms with E-state index in [2.05, 4.69) is 61.4 Å². The maximum absolute atomic E-state index is 12.7. The summed E-state index contributed by atoms with van der Waals surface area (Å²) < 4.78 is 0. The number of para-hydroxylation sites is 1. The molecule has 2 aromatic carbocycles. The Morgan fingerprint density at radius 3 is 2.56 bits per heavy atom. The lowest BCUT2D eigenvalue weighted by molar-refractivity contribution is 0.0945. The van der Waals surface area contributed by atoms with E-state index in [0.717, 1.165) is 27.1 Å². The van der Waals surface area contributed by atoms with Crippen LogP contribution in [0.2, 0.25) is 0 Å². The predicted molar refractivity (Wildman–Crippen MR) is 105 cm³/mol. The topological polar surface area (TPSA) is 44.9 Å². The highest BCUT2D eigenvalue weighted by Crippen LogP contribution is 2.36. The van der Waals surface area contributed by atoms with Crippen molar-refractivity contribution in [1.82, 2.24) is 10.3 Å².